The standard InChI is InChI=1S/C3H5BS3/c4-3-1-5-7-6-2-3/h3H,1-2H2. The molecule has 0 spiro atoms. The lowest BCUT2D eigenvalue weighted by Gasteiger charge is -2.13. The molecule has 0 saturated carbocycles. The quantitative estimate of drug-likeness (QED) is 0.381. The molecule has 0 nitrogen and oxygen atoms in total. The van der Waals surface area contributed by atoms with E-state index in [4.69, 9.17) is 7.85 Å². The van der Waals surface area contributed by atoms with Gasteiger partial charge < -0.3 is 0 Å². The van der Waals surface area contributed by atoms with Crippen molar-refractivity contribution in [2.45, 2.75) is 5.82 Å². The summed E-state index contributed by atoms with van der Waals surface area (Å²) in [5.41, 5.74) is 0. The molecule has 7 heavy (non-hydrogen) atoms. The molecule has 38 valence electrons. The van der Waals surface area contributed by atoms with Gasteiger partial charge in [0.15, 0.2) is 0 Å². The van der Waals surface area contributed by atoms with Gasteiger partial charge >= 0.3 is 0 Å². The first kappa shape index (κ1) is 6.24. The Bertz CT molecular complexity index is 52.1. The van der Waals surface area contributed by atoms with Gasteiger partial charge in [0.25, 0.3) is 0 Å². The van der Waals surface area contributed by atoms with E-state index in [1.54, 1.807) is 0 Å². The van der Waals surface area contributed by atoms with Gasteiger partial charge in [0.05, 0.1) is 7.85 Å². The summed E-state index contributed by atoms with van der Waals surface area (Å²) in [7, 11) is 11.1. The first-order chi connectivity index (χ1) is 3.39. The first-order valence-electron chi connectivity index (χ1n) is 2.06. The highest BCUT2D eigenvalue weighted by atomic mass is 33.5. The molecule has 0 N–H and O–H groups in total. The minimum atomic E-state index is 0.441. The van der Waals surface area contributed by atoms with Crippen LogP contribution in [-0.2, 0) is 0 Å². The number of rotatable bonds is 0. The van der Waals surface area contributed by atoms with Crippen molar-refractivity contribution in [1.82, 2.24) is 0 Å². The Morgan fingerprint density at radius 1 is 1.29 bits per heavy atom. The maximum absolute atomic E-state index is 5.58. The third-order valence-electron chi connectivity index (χ3n) is 0.660. The predicted molar refractivity (Wildman–Crippen MR) is 42.0 cm³/mol. The maximum atomic E-state index is 5.58. The Kier molecular flexibility index (Phi) is 2.85. The van der Waals surface area contributed by atoms with Crippen molar-refractivity contribution in [1.29, 1.82) is 0 Å². The lowest BCUT2D eigenvalue weighted by Crippen LogP contribution is -1.99. The SMILES string of the molecule is [B]C1CSSSC1. The van der Waals surface area contributed by atoms with Crippen molar-refractivity contribution in [3.8, 4) is 0 Å². The summed E-state index contributed by atoms with van der Waals surface area (Å²) >= 11 is 0. The largest absolute Gasteiger partial charge is 0.0830 e. The molecule has 0 aromatic heterocycles. The first-order valence-corrected chi connectivity index (χ1v) is 5.88. The molecule has 1 saturated heterocycles. The molecule has 0 atom stereocenters. The fourth-order valence-corrected chi connectivity index (χ4v) is 4.42. The molecule has 0 unspecified atom stereocenters. The van der Waals surface area contributed by atoms with Crippen LogP contribution < -0.4 is 0 Å². The molecule has 2 radical (unpaired) electrons. The van der Waals surface area contributed by atoms with Crippen molar-refractivity contribution in [3.05, 3.63) is 0 Å². The summed E-state index contributed by atoms with van der Waals surface area (Å²) in [5, 5.41) is 0. The molecule has 0 aromatic carbocycles. The van der Waals surface area contributed by atoms with E-state index in [-0.39, 0.29) is 0 Å². The van der Waals surface area contributed by atoms with Crippen LogP contribution in [-0.4, -0.2) is 19.4 Å². The zero-order valence-electron chi connectivity index (χ0n) is 3.79. The minimum Gasteiger partial charge on any atom is -0.0830 e. The van der Waals surface area contributed by atoms with Gasteiger partial charge in [-0.25, -0.2) is 0 Å². The van der Waals surface area contributed by atoms with Crippen LogP contribution in [0.4, 0.5) is 0 Å². The normalized spacial score (nSPS) is 25.1. The van der Waals surface area contributed by atoms with E-state index in [0.717, 1.165) is 11.5 Å². The van der Waals surface area contributed by atoms with E-state index in [0.29, 0.717) is 5.82 Å². The monoisotopic (exact) mass is 148 g/mol. The van der Waals surface area contributed by atoms with E-state index in [1.807, 2.05) is 31.4 Å². The third-order valence-corrected chi connectivity index (χ3v) is 5.11. The molecule has 1 heterocycles. The van der Waals surface area contributed by atoms with Gasteiger partial charge in [-0.05, 0) is 9.83 Å². The number of hydrogen-bond acceptors (Lipinski definition) is 3. The zero-order chi connectivity index (χ0) is 5.11. The average Bonchev–Trinajstić information content (AvgIpc) is 1.69. The average molecular weight is 148 g/mol. The Morgan fingerprint density at radius 2 is 1.86 bits per heavy atom. The fourth-order valence-electron chi connectivity index (χ4n) is 0.312. The molecule has 0 bridgehead atoms. The lowest BCUT2D eigenvalue weighted by atomic mass is 9.92. The van der Waals surface area contributed by atoms with Gasteiger partial charge in [-0.15, -0.1) is 0 Å². The minimum absolute atomic E-state index is 0.441. The highest BCUT2D eigenvalue weighted by Gasteiger charge is 2.07. The second-order valence-corrected chi connectivity index (χ2v) is 5.72. The highest BCUT2D eigenvalue weighted by Crippen LogP contribution is 2.43. The van der Waals surface area contributed by atoms with Gasteiger partial charge in [-0.3, -0.25) is 0 Å². The molecule has 1 fully saturated rings. The molecule has 1 aliphatic rings. The molecule has 4 heteroatoms. The van der Waals surface area contributed by atoms with Crippen LogP contribution in [0.15, 0.2) is 0 Å². The third kappa shape index (κ3) is 2.24. The number of hydrogen-bond donors (Lipinski definition) is 0. The smallest absolute Gasteiger partial charge is 0.0722 e. The van der Waals surface area contributed by atoms with Crippen LogP contribution in [0.1, 0.15) is 0 Å². The summed E-state index contributed by atoms with van der Waals surface area (Å²) in [4.78, 5) is 0. The van der Waals surface area contributed by atoms with E-state index in [2.05, 4.69) is 0 Å². The van der Waals surface area contributed by atoms with Gasteiger partial charge in [0.1, 0.15) is 0 Å². The van der Waals surface area contributed by atoms with E-state index in [1.165, 1.54) is 0 Å². The topological polar surface area (TPSA) is 0 Å². The van der Waals surface area contributed by atoms with Crippen LogP contribution in [0, 0.1) is 0 Å². The summed E-state index contributed by atoms with van der Waals surface area (Å²) in [5.74, 6) is 2.69. The highest BCUT2D eigenvalue weighted by molar-refractivity contribution is 9.09. The Balaban J connectivity index is 2.12. The van der Waals surface area contributed by atoms with Gasteiger partial charge in [0.2, 0.25) is 0 Å². The van der Waals surface area contributed by atoms with Gasteiger partial charge in [0, 0.05) is 11.5 Å². The van der Waals surface area contributed by atoms with Gasteiger partial charge in [-0.1, -0.05) is 27.4 Å². The second-order valence-electron chi connectivity index (χ2n) is 1.40. The summed E-state index contributed by atoms with van der Waals surface area (Å²) < 4.78 is 0. The van der Waals surface area contributed by atoms with Crippen LogP contribution in [0.25, 0.3) is 0 Å². The molecule has 1 rings (SSSR count). The maximum Gasteiger partial charge on any atom is 0.0722 e. The van der Waals surface area contributed by atoms with Crippen LogP contribution in [0.5, 0.6) is 0 Å². The van der Waals surface area contributed by atoms with Gasteiger partial charge in [-0.2, -0.15) is 0 Å². The van der Waals surface area contributed by atoms with Crippen molar-refractivity contribution < 1.29 is 0 Å². The fraction of sp³-hybridized carbons (Fsp3) is 1.00. The summed E-state index contributed by atoms with van der Waals surface area (Å²) in [6.07, 6.45) is 0. The second kappa shape index (κ2) is 3.20. The van der Waals surface area contributed by atoms with Crippen LogP contribution in [0.2, 0.25) is 5.82 Å². The molecule has 1 aliphatic heterocycles. The summed E-state index contributed by atoms with van der Waals surface area (Å²) in [6.45, 7) is 0. The zero-order valence-corrected chi connectivity index (χ0v) is 6.24. The van der Waals surface area contributed by atoms with E-state index >= 15 is 0 Å². The van der Waals surface area contributed by atoms with Crippen molar-refractivity contribution in [2.24, 2.45) is 0 Å². The molecule has 0 amide bonds. The van der Waals surface area contributed by atoms with Crippen molar-refractivity contribution >= 4 is 39.3 Å². The van der Waals surface area contributed by atoms with E-state index < -0.39 is 0 Å². The molecular formula is C3H5BS3. The summed E-state index contributed by atoms with van der Waals surface area (Å²) in [6, 6.07) is 0. The van der Waals surface area contributed by atoms with Crippen molar-refractivity contribution in [3.63, 3.8) is 0 Å². The van der Waals surface area contributed by atoms with Crippen LogP contribution >= 0.6 is 31.4 Å². The molecule has 0 aromatic rings. The Morgan fingerprint density at radius 3 is 2.14 bits per heavy atom. The van der Waals surface area contributed by atoms with Crippen LogP contribution in [0.3, 0.4) is 0 Å². The Hall–Kier alpha value is 1.11. The predicted octanol–water partition coefficient (Wildman–Crippen LogP) is 1.99. The van der Waals surface area contributed by atoms with E-state index in [9.17, 15) is 0 Å². The lowest BCUT2D eigenvalue weighted by molar-refractivity contribution is 1.12. The molecule has 0 aliphatic carbocycles. The molecular weight excluding hydrogens is 143 g/mol. The Labute approximate surface area is 56.8 Å². The van der Waals surface area contributed by atoms with Crippen molar-refractivity contribution in [2.75, 3.05) is 11.5 Å².